The zero-order chi connectivity index (χ0) is 21.3. The standard InChI is InChI=1S/C19H15ClN2O6S.2Na/c1-2-10-8-15(16(9-14(10)20)29(26,27)28)21-22-17-12-6-4-3-5-11(12)7-13(18(17)23)19(24)25;;/h3-9,23H,2H2,1H3,(H,24,25)(H,26,27,28);;. The molecule has 0 heterocycles. The Bertz CT molecular complexity index is 1280. The summed E-state index contributed by atoms with van der Waals surface area (Å²) in [5.41, 5.74) is -0.146. The molecule has 0 unspecified atom stereocenters. The Morgan fingerprint density at radius 1 is 1.10 bits per heavy atom. The van der Waals surface area contributed by atoms with Crippen molar-refractivity contribution in [2.24, 2.45) is 10.2 Å². The summed E-state index contributed by atoms with van der Waals surface area (Å²) in [5, 5.41) is 28.6. The molecule has 152 valence electrons. The predicted molar refractivity (Wildman–Crippen MR) is 119 cm³/mol. The molecule has 0 bridgehead atoms. The number of aryl methyl sites for hydroxylation is 1. The average Bonchev–Trinajstić information content (AvgIpc) is 2.66. The zero-order valence-corrected chi connectivity index (χ0v) is 22.6. The Labute approximate surface area is 227 Å². The second-order valence-electron chi connectivity index (χ2n) is 6.09. The summed E-state index contributed by atoms with van der Waals surface area (Å²) in [6.45, 7) is 1.80. The number of rotatable bonds is 5. The van der Waals surface area contributed by atoms with E-state index in [1.807, 2.05) is 0 Å². The number of carboxylic acids is 1. The van der Waals surface area contributed by atoms with Crippen molar-refractivity contribution in [2.75, 3.05) is 0 Å². The number of carboxylic acid groups (broad SMARTS) is 1. The van der Waals surface area contributed by atoms with Gasteiger partial charge in [0.05, 0.1) is 0 Å². The van der Waals surface area contributed by atoms with Gasteiger partial charge in [-0.25, -0.2) is 4.79 Å². The number of phenols is 1. The smallest absolute Gasteiger partial charge is 0.339 e. The summed E-state index contributed by atoms with van der Waals surface area (Å²) >= 11 is 6.03. The molecule has 0 aliphatic carbocycles. The van der Waals surface area contributed by atoms with Crippen molar-refractivity contribution in [3.05, 3.63) is 58.6 Å². The van der Waals surface area contributed by atoms with Crippen LogP contribution < -0.4 is 0 Å². The first-order valence-corrected chi connectivity index (χ1v) is 10.1. The van der Waals surface area contributed by atoms with E-state index >= 15 is 0 Å². The van der Waals surface area contributed by atoms with Crippen molar-refractivity contribution in [3.63, 3.8) is 0 Å². The maximum atomic E-state index is 11.7. The summed E-state index contributed by atoms with van der Waals surface area (Å²) in [5.74, 6) is -1.97. The van der Waals surface area contributed by atoms with Gasteiger partial charge in [0.2, 0.25) is 0 Å². The molecule has 0 spiro atoms. The number of aromatic carboxylic acids is 1. The van der Waals surface area contributed by atoms with E-state index in [1.54, 1.807) is 31.2 Å². The number of nitrogens with zero attached hydrogens (tertiary/aromatic N) is 2. The minimum atomic E-state index is -4.65. The summed E-state index contributed by atoms with van der Waals surface area (Å²) in [6.07, 6.45) is 0.468. The van der Waals surface area contributed by atoms with E-state index in [4.69, 9.17) is 11.6 Å². The minimum Gasteiger partial charge on any atom is -0.505 e. The molecule has 0 amide bonds. The third-order valence-electron chi connectivity index (χ3n) is 4.27. The SMILES string of the molecule is CCc1cc(N=Nc2c(O)c(C(=O)O)cc3ccccc23)c(S(=O)(=O)O)cc1Cl.[Na].[Na]. The first-order valence-electron chi connectivity index (χ1n) is 8.33. The third kappa shape index (κ3) is 6.07. The maximum absolute atomic E-state index is 11.7. The molecule has 0 saturated carbocycles. The van der Waals surface area contributed by atoms with Crippen LogP contribution >= 0.6 is 11.6 Å². The van der Waals surface area contributed by atoms with Gasteiger partial charge < -0.3 is 10.2 Å². The van der Waals surface area contributed by atoms with Gasteiger partial charge >= 0.3 is 5.97 Å². The second kappa shape index (κ2) is 11.2. The number of hydrogen-bond acceptors (Lipinski definition) is 6. The molecular formula is C19H15ClN2Na2O6S. The number of carbonyl (C=O) groups is 1. The number of fused-ring (bicyclic) bond motifs is 1. The Balaban J connectivity index is 0.00000240. The van der Waals surface area contributed by atoms with Crippen LogP contribution in [0.3, 0.4) is 0 Å². The first-order chi connectivity index (χ1) is 13.6. The van der Waals surface area contributed by atoms with Gasteiger partial charge in [-0.05, 0) is 35.6 Å². The molecule has 3 aromatic carbocycles. The molecule has 31 heavy (non-hydrogen) atoms. The monoisotopic (exact) mass is 480 g/mol. The van der Waals surface area contributed by atoms with Crippen LogP contribution in [0.4, 0.5) is 11.4 Å². The van der Waals surface area contributed by atoms with Crippen LogP contribution in [-0.2, 0) is 16.5 Å². The number of aromatic hydroxyl groups is 1. The van der Waals surface area contributed by atoms with Crippen molar-refractivity contribution in [1.29, 1.82) is 0 Å². The molecular weight excluding hydrogens is 466 g/mol. The number of benzene rings is 3. The number of azo groups is 1. The zero-order valence-electron chi connectivity index (χ0n) is 17.0. The van der Waals surface area contributed by atoms with E-state index in [9.17, 15) is 28.0 Å². The molecule has 0 fully saturated rings. The van der Waals surface area contributed by atoms with Crippen molar-refractivity contribution in [1.82, 2.24) is 0 Å². The van der Waals surface area contributed by atoms with Gasteiger partial charge in [0, 0.05) is 69.5 Å². The Morgan fingerprint density at radius 3 is 2.32 bits per heavy atom. The van der Waals surface area contributed by atoms with Gasteiger partial charge in [0.1, 0.15) is 21.8 Å². The van der Waals surface area contributed by atoms with E-state index < -0.39 is 26.7 Å². The van der Waals surface area contributed by atoms with Crippen LogP contribution in [0.2, 0.25) is 5.02 Å². The molecule has 0 aliphatic rings. The molecule has 3 rings (SSSR count). The Kier molecular flexibility index (Phi) is 10.1. The minimum absolute atomic E-state index is 0. The van der Waals surface area contributed by atoms with E-state index in [1.165, 1.54) is 12.1 Å². The molecule has 0 aliphatic heterocycles. The largest absolute Gasteiger partial charge is 0.505 e. The summed E-state index contributed by atoms with van der Waals surface area (Å²) in [4.78, 5) is 10.9. The molecule has 12 heteroatoms. The van der Waals surface area contributed by atoms with Crippen LogP contribution in [0.25, 0.3) is 10.8 Å². The fourth-order valence-corrected chi connectivity index (χ4v) is 3.82. The van der Waals surface area contributed by atoms with Gasteiger partial charge in [-0.15, -0.1) is 10.2 Å². The van der Waals surface area contributed by atoms with E-state index in [2.05, 4.69) is 10.2 Å². The van der Waals surface area contributed by atoms with Crippen LogP contribution in [0, 0.1) is 0 Å². The van der Waals surface area contributed by atoms with Crippen molar-refractivity contribution in [2.45, 2.75) is 18.2 Å². The van der Waals surface area contributed by atoms with Gasteiger partial charge in [-0.3, -0.25) is 4.55 Å². The molecule has 0 atom stereocenters. The fraction of sp³-hybridized carbons (Fsp3) is 0.105. The predicted octanol–water partition coefficient (Wildman–Crippen LogP) is 4.36. The molecule has 0 saturated heterocycles. The first kappa shape index (κ1) is 28.0. The van der Waals surface area contributed by atoms with Crippen molar-refractivity contribution in [3.8, 4) is 5.75 Å². The fourth-order valence-electron chi connectivity index (χ4n) is 2.83. The van der Waals surface area contributed by atoms with Crippen LogP contribution in [0.1, 0.15) is 22.8 Å². The van der Waals surface area contributed by atoms with Crippen LogP contribution in [0.5, 0.6) is 5.75 Å². The molecule has 2 radical (unpaired) electrons. The summed E-state index contributed by atoms with van der Waals surface area (Å²) < 4.78 is 32.9. The van der Waals surface area contributed by atoms with E-state index in [0.29, 0.717) is 22.8 Å². The van der Waals surface area contributed by atoms with E-state index in [0.717, 1.165) is 6.07 Å². The number of hydrogen-bond donors (Lipinski definition) is 3. The van der Waals surface area contributed by atoms with Crippen LogP contribution in [0.15, 0.2) is 57.6 Å². The summed E-state index contributed by atoms with van der Waals surface area (Å²) in [6, 6.07) is 10.3. The Hall–Kier alpha value is -1.01. The third-order valence-corrected chi connectivity index (χ3v) is 5.50. The summed E-state index contributed by atoms with van der Waals surface area (Å²) in [7, 11) is -4.65. The van der Waals surface area contributed by atoms with Gasteiger partial charge in [0.25, 0.3) is 10.1 Å². The van der Waals surface area contributed by atoms with Crippen molar-refractivity contribution >= 4 is 109 Å². The molecule has 0 aromatic heterocycles. The Morgan fingerprint density at radius 2 is 1.74 bits per heavy atom. The van der Waals surface area contributed by atoms with E-state index in [-0.39, 0.29) is 81.1 Å². The second-order valence-corrected chi connectivity index (χ2v) is 7.88. The van der Waals surface area contributed by atoms with Gasteiger partial charge in [-0.1, -0.05) is 42.8 Å². The van der Waals surface area contributed by atoms with Gasteiger partial charge in [-0.2, -0.15) is 8.42 Å². The average molecular weight is 481 g/mol. The molecule has 3 N–H and O–H groups in total. The maximum Gasteiger partial charge on any atom is 0.339 e. The normalized spacial score (nSPS) is 11.2. The molecule has 8 nitrogen and oxygen atoms in total. The topological polar surface area (TPSA) is 137 Å². The molecule has 3 aromatic rings. The quantitative estimate of drug-likeness (QED) is 0.282. The van der Waals surface area contributed by atoms with Gasteiger partial charge in [0.15, 0.2) is 5.75 Å². The van der Waals surface area contributed by atoms with Crippen LogP contribution in [-0.4, -0.2) is 88.3 Å². The number of halogens is 1. The van der Waals surface area contributed by atoms with Crippen molar-refractivity contribution < 1.29 is 28.0 Å².